The first-order chi connectivity index (χ1) is 12.1. The van der Waals surface area contributed by atoms with Crippen LogP contribution in [0.15, 0.2) is 11.2 Å². The van der Waals surface area contributed by atoms with E-state index < -0.39 is 8.32 Å². The maximum Gasteiger partial charge on any atom is 0.204 e. The van der Waals surface area contributed by atoms with E-state index in [1.54, 1.807) is 6.07 Å². The third-order valence-corrected chi connectivity index (χ3v) is 9.06. The summed E-state index contributed by atoms with van der Waals surface area (Å²) >= 11 is 0. The van der Waals surface area contributed by atoms with Crippen LogP contribution in [0.2, 0.25) is 18.1 Å². The van der Waals surface area contributed by atoms with Gasteiger partial charge in [-0.25, -0.2) is 0 Å². The molecule has 0 saturated heterocycles. The second-order valence-electron chi connectivity index (χ2n) is 7.20. The van der Waals surface area contributed by atoms with Crippen LogP contribution in [0, 0.1) is 11.8 Å². The van der Waals surface area contributed by atoms with E-state index in [9.17, 15) is 0 Å². The van der Waals surface area contributed by atoms with Crippen molar-refractivity contribution < 1.29 is 23.8 Å². The quantitative estimate of drug-likeness (QED) is 0.267. The van der Waals surface area contributed by atoms with Crippen LogP contribution in [-0.4, -0.2) is 47.7 Å². The molecule has 0 saturated carbocycles. The molecule has 0 aliphatic carbocycles. The monoisotopic (exact) mass is 379 g/mol. The van der Waals surface area contributed by atoms with Gasteiger partial charge in [0.05, 0.1) is 39.7 Å². The zero-order valence-corrected chi connectivity index (χ0v) is 17.9. The van der Waals surface area contributed by atoms with Crippen LogP contribution >= 0.6 is 0 Å². The molecule has 0 spiro atoms. The summed E-state index contributed by atoms with van der Waals surface area (Å²) in [5.41, 5.74) is 1.10. The van der Waals surface area contributed by atoms with Gasteiger partial charge in [0.2, 0.25) is 5.75 Å². The molecule has 1 aromatic rings. The van der Waals surface area contributed by atoms with Crippen molar-refractivity contribution in [2.75, 3.05) is 27.9 Å². The number of rotatable bonds is 6. The molecule has 7 heteroatoms. The Labute approximate surface area is 157 Å². The van der Waals surface area contributed by atoms with E-state index in [0.29, 0.717) is 35.0 Å². The van der Waals surface area contributed by atoms with Crippen LogP contribution in [0.5, 0.6) is 17.2 Å². The molecule has 0 bridgehead atoms. The third-order valence-electron chi connectivity index (χ3n) is 4.58. The van der Waals surface area contributed by atoms with Gasteiger partial charge in [0.15, 0.2) is 19.8 Å². The Morgan fingerprint density at radius 1 is 1.12 bits per heavy atom. The summed E-state index contributed by atoms with van der Waals surface area (Å²) in [4.78, 5) is 0. The predicted molar refractivity (Wildman–Crippen MR) is 106 cm³/mol. The molecule has 0 atom stereocenters. The molecule has 1 rings (SSSR count). The maximum atomic E-state index is 8.95. The first kappa shape index (κ1) is 21.9. The first-order valence-electron chi connectivity index (χ1n) is 8.26. The molecule has 1 N–H and O–H groups in total. The molecule has 0 aliphatic heterocycles. The number of ether oxygens (including phenoxy) is 3. The van der Waals surface area contributed by atoms with E-state index in [-0.39, 0.29) is 5.04 Å². The van der Waals surface area contributed by atoms with Crippen molar-refractivity contribution in [2.24, 2.45) is 5.16 Å². The van der Waals surface area contributed by atoms with E-state index >= 15 is 0 Å². The fourth-order valence-corrected chi connectivity index (χ4v) is 2.89. The topological polar surface area (TPSA) is 69.5 Å². The summed E-state index contributed by atoms with van der Waals surface area (Å²) in [6.07, 6.45) is 1.28. The van der Waals surface area contributed by atoms with E-state index in [1.165, 1.54) is 27.5 Å². The Kier molecular flexibility index (Phi) is 7.54. The molecule has 0 amide bonds. The molecule has 0 heterocycles. The lowest BCUT2D eigenvalue weighted by Gasteiger charge is -2.35. The van der Waals surface area contributed by atoms with Gasteiger partial charge >= 0.3 is 0 Å². The van der Waals surface area contributed by atoms with Crippen molar-refractivity contribution in [2.45, 2.75) is 38.9 Å². The molecular weight excluding hydrogens is 350 g/mol. The minimum absolute atomic E-state index is 0.115. The highest BCUT2D eigenvalue weighted by molar-refractivity contribution is 6.74. The van der Waals surface area contributed by atoms with Crippen LogP contribution in [0.25, 0.3) is 0 Å². The SMILES string of the molecule is COc1cc(/C=N/O)c(C#CCO[Si](C)(C)C(C)(C)C)c(OC)c1OC. The van der Waals surface area contributed by atoms with Crippen LogP contribution in [0.4, 0.5) is 0 Å². The van der Waals surface area contributed by atoms with Gasteiger partial charge < -0.3 is 23.8 Å². The number of oxime groups is 1. The van der Waals surface area contributed by atoms with E-state index in [2.05, 4.69) is 50.9 Å². The van der Waals surface area contributed by atoms with Gasteiger partial charge in [-0.05, 0) is 24.2 Å². The van der Waals surface area contributed by atoms with Gasteiger partial charge in [-0.1, -0.05) is 37.8 Å². The minimum atomic E-state index is -1.87. The Morgan fingerprint density at radius 3 is 2.19 bits per heavy atom. The molecule has 26 heavy (non-hydrogen) atoms. The normalized spacial score (nSPS) is 11.8. The predicted octanol–water partition coefficient (Wildman–Crippen LogP) is 3.89. The first-order valence-corrected chi connectivity index (χ1v) is 11.2. The molecule has 0 aromatic heterocycles. The van der Waals surface area contributed by atoms with Crippen molar-refractivity contribution in [3.8, 4) is 29.1 Å². The number of nitrogens with zero attached hydrogens (tertiary/aromatic N) is 1. The van der Waals surface area contributed by atoms with E-state index in [4.69, 9.17) is 23.8 Å². The summed E-state index contributed by atoms with van der Waals surface area (Å²) < 4.78 is 22.2. The smallest absolute Gasteiger partial charge is 0.204 e. The van der Waals surface area contributed by atoms with Crippen LogP contribution < -0.4 is 14.2 Å². The molecule has 6 nitrogen and oxygen atoms in total. The molecule has 0 radical (unpaired) electrons. The van der Waals surface area contributed by atoms with Crippen molar-refractivity contribution in [1.82, 2.24) is 0 Å². The molecule has 1 aromatic carbocycles. The lowest BCUT2D eigenvalue weighted by atomic mass is 10.1. The second-order valence-corrected chi connectivity index (χ2v) is 12.0. The molecule has 0 fully saturated rings. The average Bonchev–Trinajstić information content (AvgIpc) is 2.57. The largest absolute Gasteiger partial charge is 0.493 e. The highest BCUT2D eigenvalue weighted by Gasteiger charge is 2.36. The fraction of sp³-hybridized carbons (Fsp3) is 0.526. The third kappa shape index (κ3) is 4.93. The van der Waals surface area contributed by atoms with Crippen LogP contribution in [0.3, 0.4) is 0 Å². The van der Waals surface area contributed by atoms with Gasteiger partial charge in [0, 0.05) is 5.56 Å². The molecule has 0 aliphatic rings. The summed E-state index contributed by atoms with van der Waals surface area (Å²) in [6, 6.07) is 1.68. The molecular formula is C19H29NO5Si. The van der Waals surface area contributed by atoms with Crippen LogP contribution in [-0.2, 0) is 4.43 Å². The fourth-order valence-electron chi connectivity index (χ4n) is 2.03. The van der Waals surface area contributed by atoms with E-state index in [1.807, 2.05) is 0 Å². The zero-order valence-electron chi connectivity index (χ0n) is 16.9. The average molecular weight is 380 g/mol. The summed E-state index contributed by atoms with van der Waals surface area (Å²) in [6.45, 7) is 11.2. The van der Waals surface area contributed by atoms with Gasteiger partial charge in [0.1, 0.15) is 0 Å². The number of hydrogen-bond acceptors (Lipinski definition) is 6. The number of methoxy groups -OCH3 is 3. The van der Waals surface area contributed by atoms with Crippen molar-refractivity contribution in [3.05, 3.63) is 17.2 Å². The Bertz CT molecular complexity index is 711. The summed E-state index contributed by atoms with van der Waals surface area (Å²) in [5.74, 6) is 7.40. The number of hydrogen-bond donors (Lipinski definition) is 1. The van der Waals surface area contributed by atoms with Crippen LogP contribution in [0.1, 0.15) is 31.9 Å². The highest BCUT2D eigenvalue weighted by atomic mass is 28.4. The van der Waals surface area contributed by atoms with Gasteiger partial charge in [-0.2, -0.15) is 0 Å². The van der Waals surface area contributed by atoms with E-state index in [0.717, 1.165) is 0 Å². The van der Waals surface area contributed by atoms with Crippen molar-refractivity contribution in [3.63, 3.8) is 0 Å². The highest BCUT2D eigenvalue weighted by Crippen LogP contribution is 2.41. The Hall–Kier alpha value is -2.17. The van der Waals surface area contributed by atoms with Gasteiger partial charge in [0.25, 0.3) is 0 Å². The van der Waals surface area contributed by atoms with Crippen molar-refractivity contribution >= 4 is 14.5 Å². The van der Waals surface area contributed by atoms with Crippen molar-refractivity contribution in [1.29, 1.82) is 0 Å². The number of benzene rings is 1. The second kappa shape index (κ2) is 8.97. The standard InChI is InChI=1S/C19H29NO5Si/c1-19(2,3)26(7,8)25-11-9-10-15-14(13-20-21)12-16(22-4)18(24-6)17(15)23-5/h12-13,21H,11H2,1-8H3/b20-13+. The summed E-state index contributed by atoms with van der Waals surface area (Å²) in [5, 5.41) is 12.2. The molecule has 144 valence electrons. The Balaban J connectivity index is 3.28. The minimum Gasteiger partial charge on any atom is -0.493 e. The van der Waals surface area contributed by atoms with Gasteiger partial charge in [-0.3, -0.25) is 0 Å². The lowest BCUT2D eigenvalue weighted by Crippen LogP contribution is -2.40. The maximum absolute atomic E-state index is 8.95. The van der Waals surface area contributed by atoms with Gasteiger partial charge in [-0.15, -0.1) is 0 Å². The lowest BCUT2D eigenvalue weighted by molar-refractivity contribution is 0.320. The molecule has 0 unspecified atom stereocenters. The summed E-state index contributed by atoms with van der Waals surface area (Å²) in [7, 11) is 2.70. The zero-order chi connectivity index (χ0) is 20.0. The Morgan fingerprint density at radius 2 is 1.73 bits per heavy atom.